The Bertz CT molecular complexity index is 690. The van der Waals surface area contributed by atoms with E-state index in [1.165, 1.54) is 5.56 Å². The first-order valence-corrected chi connectivity index (χ1v) is 8.23. The number of benzene rings is 2. The van der Waals surface area contributed by atoms with Crippen molar-refractivity contribution in [2.75, 3.05) is 5.32 Å². The Morgan fingerprint density at radius 3 is 2.17 bits per heavy atom. The minimum atomic E-state index is -0.636. The summed E-state index contributed by atoms with van der Waals surface area (Å²) >= 11 is 0. The van der Waals surface area contributed by atoms with Gasteiger partial charge in [0.15, 0.2) is 11.9 Å². The van der Waals surface area contributed by atoms with E-state index in [2.05, 4.69) is 12.2 Å². The van der Waals surface area contributed by atoms with Crippen LogP contribution in [0.3, 0.4) is 0 Å². The summed E-state index contributed by atoms with van der Waals surface area (Å²) in [5.41, 5.74) is 2.62. The summed E-state index contributed by atoms with van der Waals surface area (Å²) in [7, 11) is 0. The molecule has 0 unspecified atom stereocenters. The standard InChI is InChI=1S/C20H23NO3/c1-4-15-6-10-17(11-7-15)21-20(23)14(3)24-18-12-8-16(9-13-18)19(22)5-2/h6-14H,4-5H2,1-3H3,(H,21,23)/t14-/m0/s1. The van der Waals surface area contributed by atoms with E-state index in [1.54, 1.807) is 31.2 Å². The molecule has 4 nitrogen and oxygen atoms in total. The summed E-state index contributed by atoms with van der Waals surface area (Å²) < 4.78 is 5.64. The number of anilines is 1. The first-order chi connectivity index (χ1) is 11.5. The van der Waals surface area contributed by atoms with Gasteiger partial charge >= 0.3 is 0 Å². The molecule has 2 rings (SSSR count). The van der Waals surface area contributed by atoms with Crippen molar-refractivity contribution in [2.24, 2.45) is 0 Å². The minimum absolute atomic E-state index is 0.0860. The SMILES string of the molecule is CCC(=O)c1ccc(O[C@@H](C)C(=O)Nc2ccc(CC)cc2)cc1. The van der Waals surface area contributed by atoms with Gasteiger partial charge in [0, 0.05) is 17.7 Å². The van der Waals surface area contributed by atoms with Crippen LogP contribution in [0.4, 0.5) is 5.69 Å². The number of hydrogen-bond donors (Lipinski definition) is 1. The molecule has 1 N–H and O–H groups in total. The molecule has 0 saturated heterocycles. The molecule has 126 valence electrons. The van der Waals surface area contributed by atoms with Gasteiger partial charge in [0.1, 0.15) is 5.75 Å². The average Bonchev–Trinajstić information content (AvgIpc) is 2.62. The van der Waals surface area contributed by atoms with Crippen LogP contribution in [0.2, 0.25) is 0 Å². The number of aryl methyl sites for hydroxylation is 1. The van der Waals surface area contributed by atoms with Gasteiger partial charge in [-0.05, 0) is 55.3 Å². The molecule has 1 atom stereocenters. The first-order valence-electron chi connectivity index (χ1n) is 8.23. The van der Waals surface area contributed by atoms with Crippen molar-refractivity contribution >= 4 is 17.4 Å². The zero-order valence-corrected chi connectivity index (χ0v) is 14.3. The lowest BCUT2D eigenvalue weighted by Crippen LogP contribution is -2.30. The monoisotopic (exact) mass is 325 g/mol. The zero-order chi connectivity index (χ0) is 17.5. The molecule has 0 aromatic heterocycles. The number of carbonyl (C=O) groups is 2. The third kappa shape index (κ3) is 4.69. The van der Waals surface area contributed by atoms with E-state index in [1.807, 2.05) is 31.2 Å². The molecule has 0 heterocycles. The number of ether oxygens (including phenoxy) is 1. The second-order valence-corrected chi connectivity index (χ2v) is 5.60. The van der Waals surface area contributed by atoms with Crippen LogP contribution < -0.4 is 10.1 Å². The summed E-state index contributed by atoms with van der Waals surface area (Å²) in [4.78, 5) is 23.8. The second-order valence-electron chi connectivity index (χ2n) is 5.60. The third-order valence-corrected chi connectivity index (χ3v) is 3.81. The maximum atomic E-state index is 12.2. The molecular formula is C20H23NO3. The van der Waals surface area contributed by atoms with Crippen molar-refractivity contribution in [2.45, 2.75) is 39.7 Å². The van der Waals surface area contributed by atoms with Gasteiger partial charge in [-0.25, -0.2) is 0 Å². The summed E-state index contributed by atoms with van der Waals surface area (Å²) in [6, 6.07) is 14.6. The maximum absolute atomic E-state index is 12.2. The quantitative estimate of drug-likeness (QED) is 0.774. The normalized spacial score (nSPS) is 11.6. The number of nitrogens with one attached hydrogen (secondary N) is 1. The molecule has 2 aromatic rings. The molecular weight excluding hydrogens is 302 g/mol. The van der Waals surface area contributed by atoms with E-state index in [0.717, 1.165) is 12.1 Å². The summed E-state index contributed by atoms with van der Waals surface area (Å²) in [6.45, 7) is 5.61. The number of hydrogen-bond acceptors (Lipinski definition) is 3. The van der Waals surface area contributed by atoms with Crippen molar-refractivity contribution in [1.82, 2.24) is 0 Å². The van der Waals surface area contributed by atoms with Crippen LogP contribution in [0.25, 0.3) is 0 Å². The van der Waals surface area contributed by atoms with Gasteiger partial charge < -0.3 is 10.1 Å². The zero-order valence-electron chi connectivity index (χ0n) is 14.3. The summed E-state index contributed by atoms with van der Waals surface area (Å²) in [6.07, 6.45) is 0.795. The van der Waals surface area contributed by atoms with Crippen molar-refractivity contribution < 1.29 is 14.3 Å². The van der Waals surface area contributed by atoms with Crippen LogP contribution in [0, 0.1) is 0 Å². The molecule has 0 saturated carbocycles. The Labute approximate surface area is 142 Å². The second kappa shape index (κ2) is 8.29. The Hall–Kier alpha value is -2.62. The van der Waals surface area contributed by atoms with Gasteiger partial charge in [0.25, 0.3) is 5.91 Å². The van der Waals surface area contributed by atoms with E-state index < -0.39 is 6.10 Å². The van der Waals surface area contributed by atoms with Crippen molar-refractivity contribution in [1.29, 1.82) is 0 Å². The van der Waals surface area contributed by atoms with E-state index in [-0.39, 0.29) is 11.7 Å². The van der Waals surface area contributed by atoms with Crippen LogP contribution in [0.15, 0.2) is 48.5 Å². The Kier molecular flexibility index (Phi) is 6.13. The molecule has 0 radical (unpaired) electrons. The molecule has 0 aliphatic rings. The molecule has 24 heavy (non-hydrogen) atoms. The molecule has 1 amide bonds. The number of carbonyl (C=O) groups excluding carboxylic acids is 2. The number of amides is 1. The summed E-state index contributed by atoms with van der Waals surface area (Å²) in [5.74, 6) is 0.433. The predicted molar refractivity (Wildman–Crippen MR) is 95.6 cm³/mol. The van der Waals surface area contributed by atoms with Crippen LogP contribution in [0.1, 0.15) is 43.1 Å². The lowest BCUT2D eigenvalue weighted by atomic mass is 10.1. The molecule has 0 fully saturated rings. The van der Waals surface area contributed by atoms with E-state index >= 15 is 0 Å². The van der Waals surface area contributed by atoms with Gasteiger partial charge in [0.2, 0.25) is 0 Å². The molecule has 0 bridgehead atoms. The highest BCUT2D eigenvalue weighted by Gasteiger charge is 2.15. The summed E-state index contributed by atoms with van der Waals surface area (Å²) in [5, 5.41) is 2.83. The van der Waals surface area contributed by atoms with Gasteiger partial charge in [0.05, 0.1) is 0 Å². The van der Waals surface area contributed by atoms with Gasteiger partial charge in [-0.15, -0.1) is 0 Å². The lowest BCUT2D eigenvalue weighted by molar-refractivity contribution is -0.122. The van der Waals surface area contributed by atoms with Gasteiger partial charge in [-0.3, -0.25) is 9.59 Å². The molecule has 0 aliphatic heterocycles. The Balaban J connectivity index is 1.94. The largest absolute Gasteiger partial charge is 0.481 e. The fraction of sp³-hybridized carbons (Fsp3) is 0.300. The highest BCUT2D eigenvalue weighted by Crippen LogP contribution is 2.16. The minimum Gasteiger partial charge on any atom is -0.481 e. The number of ketones is 1. The highest BCUT2D eigenvalue weighted by molar-refractivity contribution is 5.96. The number of rotatable bonds is 7. The predicted octanol–water partition coefficient (Wildman–Crippen LogP) is 4.25. The lowest BCUT2D eigenvalue weighted by Gasteiger charge is -2.15. The van der Waals surface area contributed by atoms with Gasteiger partial charge in [-0.1, -0.05) is 26.0 Å². The van der Waals surface area contributed by atoms with Crippen molar-refractivity contribution in [3.63, 3.8) is 0 Å². The van der Waals surface area contributed by atoms with Crippen LogP contribution in [0.5, 0.6) is 5.75 Å². The molecule has 0 spiro atoms. The average molecular weight is 325 g/mol. The van der Waals surface area contributed by atoms with Crippen LogP contribution in [-0.4, -0.2) is 17.8 Å². The smallest absolute Gasteiger partial charge is 0.265 e. The third-order valence-electron chi connectivity index (χ3n) is 3.81. The van der Waals surface area contributed by atoms with E-state index in [0.29, 0.717) is 17.7 Å². The maximum Gasteiger partial charge on any atom is 0.265 e. The fourth-order valence-corrected chi connectivity index (χ4v) is 2.25. The van der Waals surface area contributed by atoms with Crippen molar-refractivity contribution in [3.05, 3.63) is 59.7 Å². The fourth-order valence-electron chi connectivity index (χ4n) is 2.25. The topological polar surface area (TPSA) is 55.4 Å². The van der Waals surface area contributed by atoms with Crippen molar-refractivity contribution in [3.8, 4) is 5.75 Å². The highest BCUT2D eigenvalue weighted by atomic mass is 16.5. The molecule has 0 aliphatic carbocycles. The Morgan fingerprint density at radius 2 is 1.62 bits per heavy atom. The van der Waals surface area contributed by atoms with Crippen LogP contribution in [-0.2, 0) is 11.2 Å². The Morgan fingerprint density at radius 1 is 1.00 bits per heavy atom. The molecule has 2 aromatic carbocycles. The first kappa shape index (κ1) is 17.7. The van der Waals surface area contributed by atoms with E-state index in [4.69, 9.17) is 4.74 Å². The van der Waals surface area contributed by atoms with E-state index in [9.17, 15) is 9.59 Å². The molecule has 4 heteroatoms. The van der Waals surface area contributed by atoms with Crippen LogP contribution >= 0.6 is 0 Å². The number of Topliss-reactive ketones (excluding diaryl/α,β-unsaturated/α-hetero) is 1. The van der Waals surface area contributed by atoms with Gasteiger partial charge in [-0.2, -0.15) is 0 Å².